The molecule has 0 amide bonds. The Bertz CT molecular complexity index is 654. The molecule has 7 heteroatoms. The monoisotopic (exact) mass is 346 g/mol. The summed E-state index contributed by atoms with van der Waals surface area (Å²) in [6.07, 6.45) is 0. The highest BCUT2D eigenvalue weighted by Crippen LogP contribution is 2.31. The molecule has 0 fully saturated rings. The molecule has 0 aliphatic heterocycles. The Balaban J connectivity index is 2.32. The molecule has 4 nitrogen and oxygen atoms in total. The molecule has 0 radical (unpaired) electrons. The summed E-state index contributed by atoms with van der Waals surface area (Å²) in [6, 6.07) is 11.4. The van der Waals surface area contributed by atoms with Crippen molar-refractivity contribution in [1.29, 1.82) is 0 Å². The molecule has 2 aromatic rings. The van der Waals surface area contributed by atoms with Gasteiger partial charge in [0.25, 0.3) is 0 Å². The van der Waals surface area contributed by atoms with Gasteiger partial charge in [0.05, 0.1) is 0 Å². The number of hydrogen-bond donors (Lipinski definition) is 2. The van der Waals surface area contributed by atoms with Crippen molar-refractivity contribution in [2.45, 2.75) is 10.9 Å². The van der Waals surface area contributed by atoms with E-state index in [0.717, 1.165) is 0 Å². The van der Waals surface area contributed by atoms with Crippen molar-refractivity contribution in [2.75, 3.05) is 0 Å². The Kier molecular flexibility index (Phi) is 4.91. The average Bonchev–Trinajstić information content (AvgIpc) is 2.47. The zero-order valence-corrected chi connectivity index (χ0v) is 13.0. The SMILES string of the molecule is O=S(=O)(C(O)c1ccc(Cl)cc1)C(O)c1ccc(Cl)cc1. The molecular formula is C14H12Cl2O4S. The highest BCUT2D eigenvalue weighted by atomic mass is 35.5. The molecule has 0 bridgehead atoms. The molecule has 2 aromatic carbocycles. The van der Waals surface area contributed by atoms with Gasteiger partial charge >= 0.3 is 0 Å². The van der Waals surface area contributed by atoms with Crippen LogP contribution in [0.5, 0.6) is 0 Å². The third-order valence-corrected chi connectivity index (χ3v) is 5.23. The van der Waals surface area contributed by atoms with E-state index >= 15 is 0 Å². The summed E-state index contributed by atoms with van der Waals surface area (Å²) < 4.78 is 24.5. The van der Waals surface area contributed by atoms with Crippen molar-refractivity contribution >= 4 is 33.0 Å². The van der Waals surface area contributed by atoms with Crippen LogP contribution in [0.1, 0.15) is 22.0 Å². The summed E-state index contributed by atoms with van der Waals surface area (Å²) in [4.78, 5) is 0. The molecule has 2 unspecified atom stereocenters. The van der Waals surface area contributed by atoms with Gasteiger partial charge in [0.15, 0.2) is 10.9 Å². The van der Waals surface area contributed by atoms with Crippen LogP contribution in [0.2, 0.25) is 10.0 Å². The molecule has 0 aromatic heterocycles. The fraction of sp³-hybridized carbons (Fsp3) is 0.143. The van der Waals surface area contributed by atoms with Gasteiger partial charge < -0.3 is 10.2 Å². The average molecular weight is 347 g/mol. The maximum atomic E-state index is 12.2. The van der Waals surface area contributed by atoms with Crippen molar-refractivity contribution in [3.05, 3.63) is 69.7 Å². The van der Waals surface area contributed by atoms with Gasteiger partial charge in [-0.3, -0.25) is 0 Å². The van der Waals surface area contributed by atoms with Crippen molar-refractivity contribution in [2.24, 2.45) is 0 Å². The zero-order valence-electron chi connectivity index (χ0n) is 10.6. The molecule has 0 saturated carbocycles. The Morgan fingerprint density at radius 3 is 1.29 bits per heavy atom. The first-order chi connectivity index (χ1) is 9.82. The first-order valence-electron chi connectivity index (χ1n) is 5.92. The fourth-order valence-corrected chi connectivity index (χ4v) is 3.33. The lowest BCUT2D eigenvalue weighted by molar-refractivity contribution is 0.215. The zero-order chi connectivity index (χ0) is 15.6. The smallest absolute Gasteiger partial charge is 0.212 e. The maximum Gasteiger partial charge on any atom is 0.212 e. The van der Waals surface area contributed by atoms with Crippen molar-refractivity contribution in [1.82, 2.24) is 0 Å². The molecule has 21 heavy (non-hydrogen) atoms. The second kappa shape index (κ2) is 6.34. The summed E-state index contributed by atoms with van der Waals surface area (Å²) in [5.41, 5.74) is -3.43. The van der Waals surface area contributed by atoms with Gasteiger partial charge in [-0.05, 0) is 35.4 Å². The van der Waals surface area contributed by atoms with Crippen LogP contribution in [0.3, 0.4) is 0 Å². The van der Waals surface area contributed by atoms with Crippen LogP contribution >= 0.6 is 23.2 Å². The molecular weight excluding hydrogens is 335 g/mol. The summed E-state index contributed by atoms with van der Waals surface area (Å²) >= 11 is 11.4. The van der Waals surface area contributed by atoms with Crippen LogP contribution in [0, 0.1) is 0 Å². The molecule has 0 aliphatic rings. The Hall–Kier alpha value is -1.11. The fourth-order valence-electron chi connectivity index (χ4n) is 1.76. The van der Waals surface area contributed by atoms with E-state index in [1.165, 1.54) is 48.5 Å². The number of aliphatic hydroxyl groups is 2. The van der Waals surface area contributed by atoms with E-state index in [2.05, 4.69) is 0 Å². The Labute approximate surface area is 132 Å². The minimum Gasteiger partial charge on any atom is -0.373 e. The van der Waals surface area contributed by atoms with E-state index < -0.39 is 20.7 Å². The van der Waals surface area contributed by atoms with Gasteiger partial charge in [-0.15, -0.1) is 0 Å². The van der Waals surface area contributed by atoms with E-state index in [1.807, 2.05) is 0 Å². The van der Waals surface area contributed by atoms with Gasteiger partial charge in [0.1, 0.15) is 0 Å². The van der Waals surface area contributed by atoms with Crippen LogP contribution in [0.4, 0.5) is 0 Å². The normalized spacial score (nSPS) is 14.7. The van der Waals surface area contributed by atoms with Crippen molar-refractivity contribution in [3.63, 3.8) is 0 Å². The van der Waals surface area contributed by atoms with E-state index in [-0.39, 0.29) is 11.1 Å². The quantitative estimate of drug-likeness (QED) is 0.891. The molecule has 0 spiro atoms. The van der Waals surface area contributed by atoms with Gasteiger partial charge in [0, 0.05) is 10.0 Å². The summed E-state index contributed by atoms with van der Waals surface area (Å²) in [5.74, 6) is 0. The van der Waals surface area contributed by atoms with E-state index in [0.29, 0.717) is 10.0 Å². The van der Waals surface area contributed by atoms with Crippen LogP contribution in [-0.4, -0.2) is 18.6 Å². The minimum absolute atomic E-state index is 0.132. The Morgan fingerprint density at radius 1 is 0.714 bits per heavy atom. The van der Waals surface area contributed by atoms with Gasteiger partial charge in [0.2, 0.25) is 9.84 Å². The Morgan fingerprint density at radius 2 is 1.00 bits per heavy atom. The van der Waals surface area contributed by atoms with Crippen LogP contribution in [0.25, 0.3) is 0 Å². The molecule has 2 rings (SSSR count). The van der Waals surface area contributed by atoms with Gasteiger partial charge in [-0.25, -0.2) is 8.42 Å². The van der Waals surface area contributed by atoms with E-state index in [9.17, 15) is 18.6 Å². The predicted molar refractivity (Wildman–Crippen MR) is 81.7 cm³/mol. The van der Waals surface area contributed by atoms with E-state index in [4.69, 9.17) is 23.2 Å². The summed E-state index contributed by atoms with van der Waals surface area (Å²) in [7, 11) is -4.25. The third-order valence-electron chi connectivity index (χ3n) is 2.93. The lowest BCUT2D eigenvalue weighted by Gasteiger charge is -2.17. The molecule has 2 atom stereocenters. The second-order valence-corrected chi connectivity index (χ2v) is 7.34. The van der Waals surface area contributed by atoms with Crippen molar-refractivity contribution < 1.29 is 18.6 Å². The molecule has 112 valence electrons. The number of hydrogen-bond acceptors (Lipinski definition) is 4. The molecule has 0 aliphatic carbocycles. The third kappa shape index (κ3) is 3.56. The number of rotatable bonds is 4. The van der Waals surface area contributed by atoms with Crippen LogP contribution in [-0.2, 0) is 9.84 Å². The topological polar surface area (TPSA) is 74.6 Å². The lowest BCUT2D eigenvalue weighted by Crippen LogP contribution is -2.20. The molecule has 0 heterocycles. The first kappa shape index (κ1) is 16.3. The first-order valence-corrected chi connectivity index (χ1v) is 8.28. The lowest BCUT2D eigenvalue weighted by atomic mass is 10.2. The second-order valence-electron chi connectivity index (χ2n) is 4.40. The van der Waals surface area contributed by atoms with Gasteiger partial charge in [-0.1, -0.05) is 47.5 Å². The summed E-state index contributed by atoms with van der Waals surface area (Å²) in [6.45, 7) is 0. The van der Waals surface area contributed by atoms with Gasteiger partial charge in [-0.2, -0.15) is 0 Å². The maximum absolute atomic E-state index is 12.2. The predicted octanol–water partition coefficient (Wildman–Crippen LogP) is 3.09. The van der Waals surface area contributed by atoms with Crippen LogP contribution in [0.15, 0.2) is 48.5 Å². The molecule has 0 saturated heterocycles. The van der Waals surface area contributed by atoms with E-state index in [1.54, 1.807) is 0 Å². The number of halogens is 2. The molecule has 2 N–H and O–H groups in total. The minimum atomic E-state index is -4.25. The highest BCUT2D eigenvalue weighted by molar-refractivity contribution is 7.91. The number of sulfone groups is 1. The van der Waals surface area contributed by atoms with Crippen molar-refractivity contribution in [3.8, 4) is 0 Å². The van der Waals surface area contributed by atoms with Crippen LogP contribution < -0.4 is 0 Å². The highest BCUT2D eigenvalue weighted by Gasteiger charge is 2.33. The summed E-state index contributed by atoms with van der Waals surface area (Å²) in [5, 5.41) is 20.9. The number of aliphatic hydroxyl groups excluding tert-OH is 2. The standard InChI is InChI=1S/C14H12Cl2O4S/c15-11-5-1-9(2-6-11)13(17)21(19,20)14(18)10-3-7-12(16)8-4-10/h1-8,13-14,17-18H. The largest absolute Gasteiger partial charge is 0.373 e. The number of benzene rings is 2.